The fraction of sp³-hybridized carbons (Fsp3) is 0. The van der Waals surface area contributed by atoms with Gasteiger partial charge in [-0.3, -0.25) is 0 Å². The van der Waals surface area contributed by atoms with Gasteiger partial charge >= 0.3 is 0 Å². The molecule has 0 saturated heterocycles. The number of rotatable bonds is 13. The highest BCUT2D eigenvalue weighted by molar-refractivity contribution is 7.21. The summed E-state index contributed by atoms with van der Waals surface area (Å²) in [7, 11) is -6.42. The van der Waals surface area contributed by atoms with E-state index in [-0.39, 0.29) is 6.71 Å². The van der Waals surface area contributed by atoms with Gasteiger partial charge in [0.15, 0.2) is 16.1 Å². The first-order valence-corrected chi connectivity index (χ1v) is 37.2. The van der Waals surface area contributed by atoms with Gasteiger partial charge in [-0.05, 0) is 122 Å². The van der Waals surface area contributed by atoms with Crippen molar-refractivity contribution >= 4 is 120 Å². The van der Waals surface area contributed by atoms with E-state index in [1.165, 1.54) is 80.0 Å². The van der Waals surface area contributed by atoms with Crippen molar-refractivity contribution in [2.24, 2.45) is 0 Å². The monoisotopic (exact) mass is 1250 g/mol. The number of benzene rings is 15. The van der Waals surface area contributed by atoms with Crippen molar-refractivity contribution in [3.63, 3.8) is 0 Å². The van der Waals surface area contributed by atoms with Crippen molar-refractivity contribution in [1.82, 2.24) is 4.57 Å². The van der Waals surface area contributed by atoms with Crippen LogP contribution in [0.3, 0.4) is 0 Å². The number of fused-ring (bicyclic) bond motifs is 7. The molecule has 3 nitrogen and oxygen atoms in total. The molecule has 0 N–H and O–H groups in total. The standard InChI is InChI=1S/C90H63BN2OSi2/c1-8-30-64(31-9-1)67-36-28-46-74(58-67)95(70-38-14-4-15-39-70,71-40-16-5-17-41-71)76-55-57-86-82(62-76)91-81-56-54-77(96(72-42-18-6-19-43-72,73-44-20-7-21-45-73)75-47-29-37-68(59-75)65-32-10-2-11-33-65)63-88(81)94-89-61-69(92-84-52-26-23-49-79(84)80-50-24-27-53-85(80)92)60-87(90(89)91)93(86)83-51-25-22-48-78(83)66-34-12-3-13-35-66/h1-63H. The minimum atomic E-state index is -3.23. The molecule has 16 aromatic rings. The molecule has 6 heteroatoms. The molecule has 2 aliphatic heterocycles. The minimum absolute atomic E-state index is 0.269. The summed E-state index contributed by atoms with van der Waals surface area (Å²) in [6.07, 6.45) is 0. The molecule has 0 amide bonds. The molecule has 0 saturated carbocycles. The van der Waals surface area contributed by atoms with E-state index in [9.17, 15) is 0 Å². The molecule has 0 unspecified atom stereocenters. The van der Waals surface area contributed by atoms with Crippen LogP contribution in [0.25, 0.3) is 60.9 Å². The van der Waals surface area contributed by atoms with Crippen LogP contribution in [0.15, 0.2) is 382 Å². The summed E-state index contributed by atoms with van der Waals surface area (Å²) < 4.78 is 10.4. The zero-order valence-electron chi connectivity index (χ0n) is 52.8. The van der Waals surface area contributed by atoms with Gasteiger partial charge in [0, 0.05) is 33.8 Å². The molecule has 450 valence electrons. The van der Waals surface area contributed by atoms with Crippen LogP contribution in [0, 0.1) is 0 Å². The van der Waals surface area contributed by atoms with Gasteiger partial charge in [-0.2, -0.15) is 0 Å². The van der Waals surface area contributed by atoms with Crippen LogP contribution in [0.5, 0.6) is 11.5 Å². The second-order valence-electron chi connectivity index (χ2n) is 25.4. The predicted molar refractivity (Wildman–Crippen MR) is 410 cm³/mol. The molecule has 0 spiro atoms. The molecule has 15 aromatic carbocycles. The second kappa shape index (κ2) is 23.6. The number of nitrogens with zero attached hydrogens (tertiary/aromatic N) is 2. The van der Waals surface area contributed by atoms with Gasteiger partial charge in [0.2, 0.25) is 0 Å². The zero-order valence-corrected chi connectivity index (χ0v) is 54.8. The smallest absolute Gasteiger partial charge is 0.256 e. The Balaban J connectivity index is 0.957. The van der Waals surface area contributed by atoms with Crippen molar-refractivity contribution in [3.05, 3.63) is 382 Å². The van der Waals surface area contributed by atoms with E-state index in [4.69, 9.17) is 4.74 Å². The molecule has 3 heterocycles. The third-order valence-corrected chi connectivity index (χ3v) is 29.8. The molecular weight excluding hydrogens is 1190 g/mol. The summed E-state index contributed by atoms with van der Waals surface area (Å²) >= 11 is 0. The van der Waals surface area contributed by atoms with Crippen molar-refractivity contribution in [1.29, 1.82) is 0 Å². The summed E-state index contributed by atoms with van der Waals surface area (Å²) in [5.41, 5.74) is 17.1. The fourth-order valence-electron chi connectivity index (χ4n) is 16.2. The van der Waals surface area contributed by atoms with Crippen LogP contribution in [-0.2, 0) is 0 Å². The van der Waals surface area contributed by atoms with Gasteiger partial charge in [0.05, 0.1) is 22.4 Å². The lowest BCUT2D eigenvalue weighted by Gasteiger charge is -2.43. The summed E-state index contributed by atoms with van der Waals surface area (Å²) in [5, 5.41) is 12.8. The summed E-state index contributed by atoms with van der Waals surface area (Å²) in [6.45, 7) is -0.269. The number of aromatic nitrogens is 1. The molecule has 2 aliphatic rings. The first-order valence-electron chi connectivity index (χ1n) is 33.2. The second-order valence-corrected chi connectivity index (χ2v) is 33.0. The Bertz CT molecular complexity index is 5440. The van der Waals surface area contributed by atoms with Gasteiger partial charge in [-0.1, -0.05) is 340 Å². The Morgan fingerprint density at radius 1 is 0.250 bits per heavy atom. The quantitative estimate of drug-likeness (QED) is 0.0846. The van der Waals surface area contributed by atoms with Crippen molar-refractivity contribution in [2.75, 3.05) is 4.90 Å². The van der Waals surface area contributed by atoms with Gasteiger partial charge in [0.1, 0.15) is 11.5 Å². The predicted octanol–water partition coefficient (Wildman–Crippen LogP) is 14.9. The van der Waals surface area contributed by atoms with Gasteiger partial charge in [-0.25, -0.2) is 0 Å². The Morgan fingerprint density at radius 2 is 0.656 bits per heavy atom. The maximum atomic E-state index is 7.99. The number of hydrogen-bond donors (Lipinski definition) is 0. The average molecular weight is 1260 g/mol. The van der Waals surface area contributed by atoms with Crippen molar-refractivity contribution in [3.8, 4) is 50.6 Å². The third kappa shape index (κ3) is 9.16. The molecule has 0 aliphatic carbocycles. The highest BCUT2D eigenvalue weighted by Gasteiger charge is 2.48. The number of para-hydroxylation sites is 3. The molecule has 0 bridgehead atoms. The van der Waals surface area contributed by atoms with Crippen LogP contribution < -0.4 is 67.5 Å². The fourth-order valence-corrected chi connectivity index (χ4v) is 25.8. The van der Waals surface area contributed by atoms with Gasteiger partial charge < -0.3 is 14.2 Å². The van der Waals surface area contributed by atoms with E-state index < -0.39 is 16.1 Å². The Hall–Kier alpha value is -11.8. The number of anilines is 3. The SMILES string of the molecule is c1ccc(-c2cccc([Si](c3ccccc3)(c3ccccc3)c3ccc4c(c3)Oc3cc(-n5c6ccccc6c6ccccc65)cc5c3B4c3cc([Si](c4ccccc4)(c4ccccc4)c4cccc(-c6ccccc6)c4)ccc3N5c3ccccc3-c3ccccc3)c2)cc1. The maximum absolute atomic E-state index is 7.99. The first kappa shape index (κ1) is 56.9. The van der Waals surface area contributed by atoms with Gasteiger partial charge in [-0.15, -0.1) is 0 Å². The molecule has 96 heavy (non-hydrogen) atoms. The summed E-state index contributed by atoms with van der Waals surface area (Å²) in [5.74, 6) is 1.69. The number of ether oxygens (including phenoxy) is 1. The lowest BCUT2D eigenvalue weighted by atomic mass is 9.34. The number of hydrogen-bond acceptors (Lipinski definition) is 2. The highest BCUT2D eigenvalue weighted by Crippen LogP contribution is 2.46. The van der Waals surface area contributed by atoms with E-state index in [1.807, 2.05) is 0 Å². The molecule has 18 rings (SSSR count). The zero-order chi connectivity index (χ0) is 63.6. The first-order chi connectivity index (χ1) is 47.6. The minimum Gasteiger partial charge on any atom is -0.458 e. The van der Waals surface area contributed by atoms with Crippen molar-refractivity contribution < 1.29 is 4.74 Å². The Kier molecular flexibility index (Phi) is 14.0. The van der Waals surface area contributed by atoms with E-state index in [2.05, 4.69) is 392 Å². The van der Waals surface area contributed by atoms with Crippen molar-refractivity contribution in [2.45, 2.75) is 0 Å². The van der Waals surface area contributed by atoms with Crippen LogP contribution in [0.2, 0.25) is 0 Å². The molecule has 0 radical (unpaired) electrons. The normalized spacial score (nSPS) is 12.4. The summed E-state index contributed by atoms with van der Waals surface area (Å²) in [4.78, 5) is 2.57. The van der Waals surface area contributed by atoms with E-state index in [0.29, 0.717) is 0 Å². The molecule has 0 fully saturated rings. The Labute approximate surface area is 562 Å². The topological polar surface area (TPSA) is 17.4 Å². The Morgan fingerprint density at radius 3 is 1.18 bits per heavy atom. The molecular formula is C90H63BN2OSi2. The van der Waals surface area contributed by atoms with E-state index >= 15 is 0 Å². The van der Waals surface area contributed by atoms with E-state index in [1.54, 1.807) is 0 Å². The molecule has 0 atom stereocenters. The van der Waals surface area contributed by atoms with Crippen LogP contribution >= 0.6 is 0 Å². The van der Waals surface area contributed by atoms with Crippen LogP contribution in [0.1, 0.15) is 0 Å². The third-order valence-electron chi connectivity index (χ3n) is 20.3. The van der Waals surface area contributed by atoms with E-state index in [0.717, 1.165) is 67.3 Å². The van der Waals surface area contributed by atoms with Crippen LogP contribution in [-0.4, -0.2) is 27.4 Å². The highest BCUT2D eigenvalue weighted by atomic mass is 28.3. The molecule has 1 aromatic heterocycles. The largest absolute Gasteiger partial charge is 0.458 e. The lowest BCUT2D eigenvalue weighted by Crippen LogP contribution is -2.75. The summed E-state index contributed by atoms with van der Waals surface area (Å²) in [6, 6.07) is 143. The van der Waals surface area contributed by atoms with Crippen LogP contribution in [0.4, 0.5) is 17.1 Å². The average Bonchev–Trinajstić information content (AvgIpc) is 0.719. The maximum Gasteiger partial charge on any atom is 0.256 e. The lowest BCUT2D eigenvalue weighted by molar-refractivity contribution is 0.487. The van der Waals surface area contributed by atoms with Gasteiger partial charge in [0.25, 0.3) is 6.71 Å².